The van der Waals surface area contributed by atoms with E-state index >= 15 is 0 Å². The Morgan fingerprint density at radius 1 is 1.23 bits per heavy atom. The maximum Gasteiger partial charge on any atom is 0.0459 e. The molecule has 1 aromatic heterocycles. The first-order valence-corrected chi connectivity index (χ1v) is 4.92. The number of benzene rings is 1. The van der Waals surface area contributed by atoms with Crippen LogP contribution in [0.1, 0.15) is 18.1 Å². The Hall–Kier alpha value is -1.24. The molecule has 1 atom stereocenters. The number of aromatic amines is 1. The first-order chi connectivity index (χ1) is 6.34. The predicted molar refractivity (Wildman–Crippen MR) is 54.9 cm³/mol. The zero-order valence-corrected chi connectivity index (χ0v) is 7.80. The monoisotopic (exact) mass is 171 g/mol. The maximum absolute atomic E-state index is 3.34. The van der Waals surface area contributed by atoms with E-state index < -0.39 is 0 Å². The van der Waals surface area contributed by atoms with Crippen molar-refractivity contribution in [3.05, 3.63) is 35.5 Å². The standard InChI is InChI=1S/C12H13N/c1-8-5-9-3-2-4-11-12(9)10(6-8)7-13-11/h2-4,7-8,13H,5-6H2,1H3. The molecule has 13 heavy (non-hydrogen) atoms. The van der Waals surface area contributed by atoms with Crippen LogP contribution in [-0.4, -0.2) is 4.98 Å². The molecule has 0 saturated carbocycles. The highest BCUT2D eigenvalue weighted by molar-refractivity contribution is 5.87. The Bertz CT molecular complexity index is 453. The molecule has 66 valence electrons. The van der Waals surface area contributed by atoms with Gasteiger partial charge in [0.05, 0.1) is 0 Å². The van der Waals surface area contributed by atoms with Crippen LogP contribution in [0, 0.1) is 5.92 Å². The molecule has 0 bridgehead atoms. The molecular weight excluding hydrogens is 158 g/mol. The van der Waals surface area contributed by atoms with Gasteiger partial charge >= 0.3 is 0 Å². The molecule has 0 saturated heterocycles. The van der Waals surface area contributed by atoms with Crippen molar-refractivity contribution in [2.75, 3.05) is 0 Å². The largest absolute Gasteiger partial charge is 0.361 e. The van der Waals surface area contributed by atoms with Gasteiger partial charge in [0.2, 0.25) is 0 Å². The molecule has 1 nitrogen and oxygen atoms in total. The van der Waals surface area contributed by atoms with Gasteiger partial charge in [0.1, 0.15) is 0 Å². The molecule has 0 amide bonds. The number of aromatic nitrogens is 1. The molecule has 0 aliphatic heterocycles. The first kappa shape index (κ1) is 7.19. The van der Waals surface area contributed by atoms with Crippen LogP contribution in [0.3, 0.4) is 0 Å². The van der Waals surface area contributed by atoms with E-state index in [1.807, 2.05) is 0 Å². The fourth-order valence-electron chi connectivity index (χ4n) is 2.49. The lowest BCUT2D eigenvalue weighted by molar-refractivity contribution is 0.570. The van der Waals surface area contributed by atoms with Crippen LogP contribution in [0.4, 0.5) is 0 Å². The number of nitrogens with one attached hydrogen (secondary N) is 1. The Morgan fingerprint density at radius 3 is 3.00 bits per heavy atom. The van der Waals surface area contributed by atoms with E-state index in [-0.39, 0.29) is 0 Å². The first-order valence-electron chi connectivity index (χ1n) is 4.92. The van der Waals surface area contributed by atoms with E-state index in [0.717, 1.165) is 5.92 Å². The highest BCUT2D eigenvalue weighted by Gasteiger charge is 2.17. The Morgan fingerprint density at radius 2 is 2.08 bits per heavy atom. The minimum absolute atomic E-state index is 0.800. The van der Waals surface area contributed by atoms with Gasteiger partial charge in [-0.05, 0) is 36.0 Å². The van der Waals surface area contributed by atoms with Crippen molar-refractivity contribution in [3.63, 3.8) is 0 Å². The van der Waals surface area contributed by atoms with Gasteiger partial charge in [0, 0.05) is 17.1 Å². The number of hydrogen-bond donors (Lipinski definition) is 1. The summed E-state index contributed by atoms with van der Waals surface area (Å²) >= 11 is 0. The zero-order chi connectivity index (χ0) is 8.84. The molecule has 1 N–H and O–H groups in total. The summed E-state index contributed by atoms with van der Waals surface area (Å²) in [6.45, 7) is 2.33. The Kier molecular flexibility index (Phi) is 1.32. The molecule has 2 aromatic rings. The fraction of sp³-hybridized carbons (Fsp3) is 0.333. The third kappa shape index (κ3) is 0.932. The summed E-state index contributed by atoms with van der Waals surface area (Å²) in [5.41, 5.74) is 4.33. The van der Waals surface area contributed by atoms with Crippen LogP contribution in [-0.2, 0) is 12.8 Å². The van der Waals surface area contributed by atoms with Crippen molar-refractivity contribution in [2.45, 2.75) is 19.8 Å². The highest BCUT2D eigenvalue weighted by atomic mass is 14.7. The van der Waals surface area contributed by atoms with Crippen molar-refractivity contribution in [1.82, 2.24) is 4.98 Å². The molecule has 1 unspecified atom stereocenters. The van der Waals surface area contributed by atoms with Crippen LogP contribution in [0.2, 0.25) is 0 Å². The minimum atomic E-state index is 0.800. The van der Waals surface area contributed by atoms with Gasteiger partial charge in [0.25, 0.3) is 0 Å². The SMILES string of the molecule is CC1Cc2cccc3[nH]cc(c23)C1. The van der Waals surface area contributed by atoms with Gasteiger partial charge in [-0.2, -0.15) is 0 Å². The van der Waals surface area contributed by atoms with Crippen LogP contribution < -0.4 is 0 Å². The van der Waals surface area contributed by atoms with E-state index in [1.165, 1.54) is 34.9 Å². The number of hydrogen-bond acceptors (Lipinski definition) is 0. The summed E-state index contributed by atoms with van der Waals surface area (Å²) in [5.74, 6) is 0.800. The van der Waals surface area contributed by atoms with Crippen molar-refractivity contribution in [1.29, 1.82) is 0 Å². The van der Waals surface area contributed by atoms with E-state index in [9.17, 15) is 0 Å². The van der Waals surface area contributed by atoms with Crippen molar-refractivity contribution < 1.29 is 0 Å². The van der Waals surface area contributed by atoms with E-state index in [0.29, 0.717) is 0 Å². The van der Waals surface area contributed by atoms with Crippen LogP contribution in [0.15, 0.2) is 24.4 Å². The molecule has 0 fully saturated rings. The van der Waals surface area contributed by atoms with Crippen LogP contribution in [0.5, 0.6) is 0 Å². The lowest BCUT2D eigenvalue weighted by Gasteiger charge is -2.18. The van der Waals surface area contributed by atoms with Crippen molar-refractivity contribution in [2.24, 2.45) is 5.92 Å². The summed E-state index contributed by atoms with van der Waals surface area (Å²) in [7, 11) is 0. The second kappa shape index (κ2) is 2.38. The quantitative estimate of drug-likeness (QED) is 0.627. The molecule has 1 aliphatic carbocycles. The fourth-order valence-corrected chi connectivity index (χ4v) is 2.49. The van der Waals surface area contributed by atoms with Crippen molar-refractivity contribution in [3.8, 4) is 0 Å². The molecule has 1 aliphatic rings. The normalized spacial score (nSPS) is 20.8. The second-order valence-corrected chi connectivity index (χ2v) is 4.17. The summed E-state index contributed by atoms with van der Waals surface area (Å²) in [5, 5.41) is 1.49. The van der Waals surface area contributed by atoms with Gasteiger partial charge in [-0.15, -0.1) is 0 Å². The molecule has 3 rings (SSSR count). The van der Waals surface area contributed by atoms with Crippen LogP contribution >= 0.6 is 0 Å². The van der Waals surface area contributed by atoms with Crippen LogP contribution in [0.25, 0.3) is 10.9 Å². The van der Waals surface area contributed by atoms with E-state index in [2.05, 4.69) is 36.3 Å². The second-order valence-electron chi connectivity index (χ2n) is 4.17. The van der Waals surface area contributed by atoms with E-state index in [1.54, 1.807) is 0 Å². The summed E-state index contributed by atoms with van der Waals surface area (Å²) in [6.07, 6.45) is 4.64. The average Bonchev–Trinajstić information content (AvgIpc) is 2.50. The highest BCUT2D eigenvalue weighted by Crippen LogP contribution is 2.31. The van der Waals surface area contributed by atoms with Gasteiger partial charge in [-0.1, -0.05) is 19.1 Å². The molecule has 1 heterocycles. The molecule has 1 heteroatoms. The number of H-pyrrole nitrogens is 1. The zero-order valence-electron chi connectivity index (χ0n) is 7.80. The van der Waals surface area contributed by atoms with Gasteiger partial charge in [-0.25, -0.2) is 0 Å². The van der Waals surface area contributed by atoms with E-state index in [4.69, 9.17) is 0 Å². The third-order valence-electron chi connectivity index (χ3n) is 3.01. The van der Waals surface area contributed by atoms with Gasteiger partial charge in [0.15, 0.2) is 0 Å². The summed E-state index contributed by atoms with van der Waals surface area (Å²) in [6, 6.07) is 6.57. The topological polar surface area (TPSA) is 15.8 Å². The number of rotatable bonds is 0. The molecule has 0 radical (unpaired) electrons. The smallest absolute Gasteiger partial charge is 0.0459 e. The predicted octanol–water partition coefficient (Wildman–Crippen LogP) is 2.90. The Balaban J connectivity index is 2.38. The Labute approximate surface area is 77.8 Å². The maximum atomic E-state index is 3.34. The lowest BCUT2D eigenvalue weighted by Crippen LogP contribution is -2.08. The summed E-state index contributed by atoms with van der Waals surface area (Å²) < 4.78 is 0. The lowest BCUT2D eigenvalue weighted by atomic mass is 9.86. The molecular formula is C12H13N. The molecule has 0 spiro atoms. The van der Waals surface area contributed by atoms with Gasteiger partial charge < -0.3 is 4.98 Å². The van der Waals surface area contributed by atoms with Gasteiger partial charge in [-0.3, -0.25) is 0 Å². The minimum Gasteiger partial charge on any atom is -0.361 e. The molecule has 1 aromatic carbocycles. The summed E-state index contributed by atoms with van der Waals surface area (Å²) in [4.78, 5) is 3.34. The van der Waals surface area contributed by atoms with Crippen molar-refractivity contribution >= 4 is 10.9 Å². The third-order valence-corrected chi connectivity index (χ3v) is 3.01. The average molecular weight is 171 g/mol.